The molecule has 0 spiro atoms. The van der Waals surface area contributed by atoms with Crippen LogP contribution in [-0.2, 0) is 11.3 Å². The summed E-state index contributed by atoms with van der Waals surface area (Å²) in [7, 11) is 0. The number of nitrogens with zero attached hydrogens (tertiary/aromatic N) is 2. The first-order valence-corrected chi connectivity index (χ1v) is 11.7. The zero-order chi connectivity index (χ0) is 20.9. The minimum Gasteiger partial charge on any atom is -0.441 e. The molecule has 1 saturated heterocycles. The van der Waals surface area contributed by atoms with E-state index in [0.717, 1.165) is 62.3 Å². The minimum absolute atomic E-state index is 0.143. The van der Waals surface area contributed by atoms with E-state index in [0.29, 0.717) is 17.0 Å². The van der Waals surface area contributed by atoms with Crippen LogP contribution in [0.2, 0.25) is 5.02 Å². The molecule has 30 heavy (non-hydrogen) atoms. The number of carbonyl (C=O) groups excluding carboxylic acids is 1. The third-order valence-electron chi connectivity index (χ3n) is 6.50. The van der Waals surface area contributed by atoms with E-state index in [9.17, 15) is 4.79 Å². The van der Waals surface area contributed by atoms with Gasteiger partial charge >= 0.3 is 0 Å². The highest BCUT2D eigenvalue weighted by Crippen LogP contribution is 2.26. The molecule has 162 valence electrons. The average Bonchev–Trinajstić information content (AvgIpc) is 2.93. The summed E-state index contributed by atoms with van der Waals surface area (Å²) < 4.78 is 5.89. The molecule has 2 aliphatic rings. The van der Waals surface area contributed by atoms with Crippen molar-refractivity contribution in [2.75, 3.05) is 13.1 Å². The van der Waals surface area contributed by atoms with Crippen LogP contribution in [0.15, 0.2) is 28.7 Å². The predicted octanol–water partition coefficient (Wildman–Crippen LogP) is 5.35. The van der Waals surface area contributed by atoms with E-state index >= 15 is 0 Å². The Bertz CT molecular complexity index is 850. The summed E-state index contributed by atoms with van der Waals surface area (Å²) >= 11 is 6.10. The summed E-state index contributed by atoms with van der Waals surface area (Å²) in [5.74, 6) is 1.87. The van der Waals surface area contributed by atoms with Crippen molar-refractivity contribution in [1.82, 2.24) is 15.2 Å². The Balaban J connectivity index is 1.29. The highest BCUT2D eigenvalue weighted by Gasteiger charge is 2.27. The van der Waals surface area contributed by atoms with Gasteiger partial charge in [-0.25, -0.2) is 4.98 Å². The predicted molar refractivity (Wildman–Crippen MR) is 119 cm³/mol. The van der Waals surface area contributed by atoms with Gasteiger partial charge in [-0.2, -0.15) is 0 Å². The van der Waals surface area contributed by atoms with Gasteiger partial charge in [0.25, 0.3) is 0 Å². The SMILES string of the molecule is Cc1oc(-c2cccc(Cl)c2)nc1CN1CCC(C(=O)NC2CCCCCC2)CC1. The fraction of sp³-hybridized carbons (Fsp3) is 0.583. The number of carbonyl (C=O) groups is 1. The number of halogens is 1. The van der Waals surface area contributed by atoms with E-state index in [4.69, 9.17) is 21.0 Å². The van der Waals surface area contributed by atoms with E-state index in [-0.39, 0.29) is 11.8 Å². The first-order valence-electron chi connectivity index (χ1n) is 11.3. The second kappa shape index (κ2) is 9.97. The number of likely N-dealkylation sites (tertiary alicyclic amines) is 1. The van der Waals surface area contributed by atoms with Crippen LogP contribution in [0.1, 0.15) is 62.8 Å². The number of amides is 1. The van der Waals surface area contributed by atoms with Crippen LogP contribution in [0, 0.1) is 12.8 Å². The van der Waals surface area contributed by atoms with Gasteiger partial charge in [0, 0.05) is 29.1 Å². The molecular formula is C24H32ClN3O2. The Morgan fingerprint density at radius 3 is 2.60 bits per heavy atom. The zero-order valence-corrected chi connectivity index (χ0v) is 18.6. The molecule has 1 aromatic heterocycles. The van der Waals surface area contributed by atoms with Crippen LogP contribution in [0.4, 0.5) is 0 Å². The number of hydrogen-bond donors (Lipinski definition) is 1. The fourth-order valence-electron chi connectivity index (χ4n) is 4.63. The number of nitrogens with one attached hydrogen (secondary N) is 1. The van der Waals surface area contributed by atoms with Crippen molar-refractivity contribution in [3.63, 3.8) is 0 Å². The molecule has 1 aromatic carbocycles. The van der Waals surface area contributed by atoms with Crippen LogP contribution < -0.4 is 5.32 Å². The number of piperidine rings is 1. The van der Waals surface area contributed by atoms with Crippen LogP contribution >= 0.6 is 11.6 Å². The number of benzene rings is 1. The third-order valence-corrected chi connectivity index (χ3v) is 6.73. The Labute approximate surface area is 184 Å². The first-order chi connectivity index (χ1) is 14.6. The maximum absolute atomic E-state index is 12.7. The van der Waals surface area contributed by atoms with Gasteiger partial charge in [-0.3, -0.25) is 9.69 Å². The summed E-state index contributed by atoms with van der Waals surface area (Å²) in [4.78, 5) is 19.8. The molecule has 1 aliphatic heterocycles. The van der Waals surface area contributed by atoms with Gasteiger partial charge in [0.2, 0.25) is 11.8 Å². The molecule has 0 atom stereocenters. The summed E-state index contributed by atoms with van der Waals surface area (Å²) in [5, 5.41) is 4.01. The Kier molecular flexibility index (Phi) is 7.11. The van der Waals surface area contributed by atoms with Crippen LogP contribution in [0.3, 0.4) is 0 Å². The van der Waals surface area contributed by atoms with Crippen molar-refractivity contribution in [3.05, 3.63) is 40.7 Å². The van der Waals surface area contributed by atoms with Crippen molar-refractivity contribution in [1.29, 1.82) is 0 Å². The van der Waals surface area contributed by atoms with Gasteiger partial charge in [0.15, 0.2) is 0 Å². The van der Waals surface area contributed by atoms with Gasteiger partial charge in [-0.05, 0) is 63.9 Å². The van der Waals surface area contributed by atoms with Crippen LogP contribution in [0.5, 0.6) is 0 Å². The lowest BCUT2D eigenvalue weighted by Crippen LogP contribution is -2.43. The molecule has 2 heterocycles. The number of oxazole rings is 1. The lowest BCUT2D eigenvalue weighted by atomic mass is 9.95. The second-order valence-corrected chi connectivity index (χ2v) is 9.22. The molecule has 1 aliphatic carbocycles. The highest BCUT2D eigenvalue weighted by molar-refractivity contribution is 6.30. The molecule has 1 N–H and O–H groups in total. The van der Waals surface area contributed by atoms with Gasteiger partial charge < -0.3 is 9.73 Å². The molecule has 1 amide bonds. The molecular weight excluding hydrogens is 398 g/mol. The van der Waals surface area contributed by atoms with Gasteiger partial charge in [0.1, 0.15) is 5.76 Å². The van der Waals surface area contributed by atoms with Gasteiger partial charge in [-0.1, -0.05) is 43.4 Å². The van der Waals surface area contributed by atoms with Crippen molar-refractivity contribution in [3.8, 4) is 11.5 Å². The topological polar surface area (TPSA) is 58.4 Å². The van der Waals surface area contributed by atoms with Crippen molar-refractivity contribution >= 4 is 17.5 Å². The molecule has 0 unspecified atom stereocenters. The lowest BCUT2D eigenvalue weighted by molar-refractivity contribution is -0.127. The molecule has 1 saturated carbocycles. The molecule has 4 rings (SSSR count). The number of hydrogen-bond acceptors (Lipinski definition) is 4. The summed E-state index contributed by atoms with van der Waals surface area (Å²) in [5.41, 5.74) is 1.86. The molecule has 5 nitrogen and oxygen atoms in total. The van der Waals surface area contributed by atoms with Crippen molar-refractivity contribution in [2.24, 2.45) is 5.92 Å². The molecule has 2 aromatic rings. The van der Waals surface area contributed by atoms with E-state index in [1.165, 1.54) is 25.7 Å². The minimum atomic E-state index is 0.143. The normalized spacial score (nSPS) is 19.5. The maximum atomic E-state index is 12.7. The average molecular weight is 430 g/mol. The van der Waals surface area contributed by atoms with E-state index in [1.54, 1.807) is 0 Å². The van der Waals surface area contributed by atoms with Gasteiger partial charge in [-0.15, -0.1) is 0 Å². The van der Waals surface area contributed by atoms with Crippen LogP contribution in [-0.4, -0.2) is 34.9 Å². The standard InChI is InChI=1S/C24H32ClN3O2/c1-17-22(27-24(30-17)19-7-6-8-20(25)15-19)16-28-13-11-18(12-14-28)23(29)26-21-9-4-2-3-5-10-21/h6-8,15,18,21H,2-5,9-14,16H2,1H3,(H,26,29). The van der Waals surface area contributed by atoms with E-state index < -0.39 is 0 Å². The van der Waals surface area contributed by atoms with Gasteiger partial charge in [0.05, 0.1) is 5.69 Å². The zero-order valence-electron chi connectivity index (χ0n) is 17.8. The maximum Gasteiger partial charge on any atom is 0.226 e. The summed E-state index contributed by atoms with van der Waals surface area (Å²) in [6.45, 7) is 4.55. The monoisotopic (exact) mass is 429 g/mol. The molecule has 2 fully saturated rings. The van der Waals surface area contributed by atoms with Crippen LogP contribution in [0.25, 0.3) is 11.5 Å². The first kappa shape index (κ1) is 21.4. The lowest BCUT2D eigenvalue weighted by Gasteiger charge is -2.31. The quantitative estimate of drug-likeness (QED) is 0.650. The highest BCUT2D eigenvalue weighted by atomic mass is 35.5. The number of aromatic nitrogens is 1. The summed E-state index contributed by atoms with van der Waals surface area (Å²) in [6, 6.07) is 7.97. The summed E-state index contributed by atoms with van der Waals surface area (Å²) in [6.07, 6.45) is 9.23. The smallest absolute Gasteiger partial charge is 0.226 e. The molecule has 6 heteroatoms. The van der Waals surface area contributed by atoms with E-state index in [1.807, 2.05) is 31.2 Å². The second-order valence-electron chi connectivity index (χ2n) is 8.78. The largest absolute Gasteiger partial charge is 0.441 e. The third kappa shape index (κ3) is 5.44. The van der Waals surface area contributed by atoms with Crippen molar-refractivity contribution in [2.45, 2.75) is 70.9 Å². The fourth-order valence-corrected chi connectivity index (χ4v) is 4.82. The Morgan fingerprint density at radius 1 is 1.17 bits per heavy atom. The Hall–Kier alpha value is -1.85. The Morgan fingerprint density at radius 2 is 1.90 bits per heavy atom. The molecule has 0 radical (unpaired) electrons. The van der Waals surface area contributed by atoms with Crippen molar-refractivity contribution < 1.29 is 9.21 Å². The van der Waals surface area contributed by atoms with E-state index in [2.05, 4.69) is 10.2 Å². The molecule has 0 bridgehead atoms. The number of aryl methyl sites for hydroxylation is 1. The number of rotatable bonds is 5.